The molecule has 26 heavy (non-hydrogen) atoms. The molecule has 6 nitrogen and oxygen atoms in total. The van der Waals surface area contributed by atoms with Gasteiger partial charge in [-0.25, -0.2) is 0 Å². The van der Waals surface area contributed by atoms with Gasteiger partial charge in [-0.2, -0.15) is 0 Å². The highest BCUT2D eigenvalue weighted by molar-refractivity contribution is 5.79. The van der Waals surface area contributed by atoms with E-state index in [2.05, 4.69) is 22.5 Å². The van der Waals surface area contributed by atoms with Crippen molar-refractivity contribution in [3.63, 3.8) is 0 Å². The lowest BCUT2D eigenvalue weighted by Crippen LogP contribution is -2.39. The van der Waals surface area contributed by atoms with Crippen molar-refractivity contribution in [3.8, 4) is 0 Å². The van der Waals surface area contributed by atoms with Gasteiger partial charge in [0.1, 0.15) is 0 Å². The van der Waals surface area contributed by atoms with Crippen molar-refractivity contribution in [1.82, 2.24) is 10.6 Å². The summed E-state index contributed by atoms with van der Waals surface area (Å²) in [6.45, 7) is 8.63. The molecule has 1 heterocycles. The Morgan fingerprint density at radius 3 is 2.65 bits per heavy atom. The monoisotopic (exact) mass is 369 g/mol. The van der Waals surface area contributed by atoms with Crippen LogP contribution in [-0.2, 0) is 14.2 Å². The Kier molecular flexibility index (Phi) is 11.7. The number of hydrogen-bond acceptors (Lipinski definition) is 4. The largest absolute Gasteiger partial charge is 0.381 e. The quantitative estimate of drug-likeness (QED) is 0.254. The van der Waals surface area contributed by atoms with Gasteiger partial charge >= 0.3 is 0 Å². The molecule has 1 aliphatic carbocycles. The number of nitrogens with one attached hydrogen (secondary N) is 2. The first-order valence-corrected chi connectivity index (χ1v) is 10.7. The van der Waals surface area contributed by atoms with Crippen LogP contribution in [0.1, 0.15) is 58.3 Å². The number of ether oxygens (including phenoxy) is 3. The number of aliphatic imine (C=N–C) groups is 1. The second-order valence-electron chi connectivity index (χ2n) is 7.33. The summed E-state index contributed by atoms with van der Waals surface area (Å²) in [6, 6.07) is 0. The first-order valence-electron chi connectivity index (χ1n) is 10.7. The molecule has 2 rings (SSSR count). The smallest absolute Gasteiger partial charge is 0.191 e. The first-order chi connectivity index (χ1) is 12.9. The molecule has 0 aromatic heterocycles. The van der Waals surface area contributed by atoms with Gasteiger partial charge in [0.05, 0.1) is 25.9 Å². The maximum Gasteiger partial charge on any atom is 0.191 e. The summed E-state index contributed by atoms with van der Waals surface area (Å²) >= 11 is 0. The molecule has 1 saturated heterocycles. The van der Waals surface area contributed by atoms with E-state index in [4.69, 9.17) is 14.2 Å². The number of guanidine groups is 1. The fourth-order valence-electron chi connectivity index (χ4n) is 3.47. The summed E-state index contributed by atoms with van der Waals surface area (Å²) in [5.74, 6) is 1.46. The van der Waals surface area contributed by atoms with E-state index in [-0.39, 0.29) is 0 Å². The average molecular weight is 370 g/mol. The SMILES string of the molecule is CCNC(=NCCCOCC1CCOC1)NCCOC1CCCCCC1. The minimum absolute atomic E-state index is 0.459. The van der Waals surface area contributed by atoms with E-state index >= 15 is 0 Å². The van der Waals surface area contributed by atoms with Gasteiger partial charge in [-0.3, -0.25) is 4.99 Å². The molecule has 1 aliphatic heterocycles. The third-order valence-electron chi connectivity index (χ3n) is 4.99. The van der Waals surface area contributed by atoms with Gasteiger partial charge in [0.25, 0.3) is 0 Å². The Morgan fingerprint density at radius 2 is 1.92 bits per heavy atom. The van der Waals surface area contributed by atoms with E-state index in [1.54, 1.807) is 0 Å². The molecular formula is C20H39N3O3. The van der Waals surface area contributed by atoms with Crippen LogP contribution in [0.2, 0.25) is 0 Å². The van der Waals surface area contributed by atoms with E-state index in [0.29, 0.717) is 12.0 Å². The van der Waals surface area contributed by atoms with Crippen LogP contribution in [0.3, 0.4) is 0 Å². The second kappa shape index (κ2) is 14.2. The van der Waals surface area contributed by atoms with E-state index in [1.165, 1.54) is 38.5 Å². The van der Waals surface area contributed by atoms with Crippen LogP contribution in [0.15, 0.2) is 4.99 Å². The first kappa shape index (κ1) is 21.5. The van der Waals surface area contributed by atoms with E-state index in [1.807, 2.05) is 0 Å². The van der Waals surface area contributed by atoms with Crippen molar-refractivity contribution < 1.29 is 14.2 Å². The van der Waals surface area contributed by atoms with Crippen LogP contribution in [-0.4, -0.2) is 64.7 Å². The standard InChI is InChI=1S/C20H39N3O3/c1-2-21-20(22-11-7-13-24-16-18-10-14-25-17-18)23-12-15-26-19-8-5-3-4-6-9-19/h18-19H,2-17H2,1H3,(H2,21,22,23). The zero-order valence-corrected chi connectivity index (χ0v) is 16.6. The van der Waals surface area contributed by atoms with Gasteiger partial charge in [-0.15, -0.1) is 0 Å². The van der Waals surface area contributed by atoms with E-state index in [9.17, 15) is 0 Å². The van der Waals surface area contributed by atoms with Crippen molar-refractivity contribution in [2.24, 2.45) is 10.9 Å². The molecule has 0 spiro atoms. The van der Waals surface area contributed by atoms with E-state index in [0.717, 1.165) is 71.5 Å². The predicted octanol–water partition coefficient (Wildman–Crippen LogP) is 2.72. The van der Waals surface area contributed by atoms with Gasteiger partial charge in [0.2, 0.25) is 0 Å². The van der Waals surface area contributed by atoms with Gasteiger partial charge in [0, 0.05) is 38.8 Å². The number of nitrogens with zero attached hydrogens (tertiary/aromatic N) is 1. The summed E-state index contributed by atoms with van der Waals surface area (Å²) in [5.41, 5.74) is 0. The summed E-state index contributed by atoms with van der Waals surface area (Å²) in [4.78, 5) is 4.62. The number of rotatable bonds is 11. The highest BCUT2D eigenvalue weighted by atomic mass is 16.5. The molecule has 2 aliphatic rings. The van der Waals surface area contributed by atoms with Crippen LogP contribution in [0, 0.1) is 5.92 Å². The zero-order valence-electron chi connectivity index (χ0n) is 16.6. The molecular weight excluding hydrogens is 330 g/mol. The highest BCUT2D eigenvalue weighted by Crippen LogP contribution is 2.19. The van der Waals surface area contributed by atoms with Crippen LogP contribution in [0.4, 0.5) is 0 Å². The van der Waals surface area contributed by atoms with Crippen LogP contribution in [0.5, 0.6) is 0 Å². The topological polar surface area (TPSA) is 64.1 Å². The van der Waals surface area contributed by atoms with Crippen molar-refractivity contribution in [2.45, 2.75) is 64.4 Å². The molecule has 0 radical (unpaired) electrons. The second-order valence-corrected chi connectivity index (χ2v) is 7.33. The van der Waals surface area contributed by atoms with Crippen molar-refractivity contribution in [3.05, 3.63) is 0 Å². The Labute approximate surface area is 159 Å². The molecule has 0 aromatic carbocycles. The average Bonchev–Trinajstić information content (AvgIpc) is 3.03. The Morgan fingerprint density at radius 1 is 1.08 bits per heavy atom. The van der Waals surface area contributed by atoms with Crippen LogP contribution in [0.25, 0.3) is 0 Å². The lowest BCUT2D eigenvalue weighted by atomic mass is 10.1. The summed E-state index contributed by atoms with van der Waals surface area (Å²) in [7, 11) is 0. The third-order valence-corrected chi connectivity index (χ3v) is 4.99. The summed E-state index contributed by atoms with van der Waals surface area (Å²) in [6.07, 6.45) is 10.4. The molecule has 1 saturated carbocycles. The molecule has 0 amide bonds. The molecule has 2 fully saturated rings. The minimum atomic E-state index is 0.459. The van der Waals surface area contributed by atoms with Crippen molar-refractivity contribution >= 4 is 5.96 Å². The Hall–Kier alpha value is -0.850. The highest BCUT2D eigenvalue weighted by Gasteiger charge is 2.15. The lowest BCUT2D eigenvalue weighted by Gasteiger charge is -2.16. The fraction of sp³-hybridized carbons (Fsp3) is 0.950. The summed E-state index contributed by atoms with van der Waals surface area (Å²) < 4.78 is 17.1. The van der Waals surface area contributed by atoms with Gasteiger partial charge in [0.15, 0.2) is 5.96 Å². The Bertz CT molecular complexity index is 365. The van der Waals surface area contributed by atoms with Gasteiger partial charge in [-0.05, 0) is 32.6 Å². The van der Waals surface area contributed by atoms with Crippen molar-refractivity contribution in [2.75, 3.05) is 52.7 Å². The lowest BCUT2D eigenvalue weighted by molar-refractivity contribution is 0.0468. The molecule has 0 bridgehead atoms. The van der Waals surface area contributed by atoms with Crippen LogP contribution >= 0.6 is 0 Å². The molecule has 1 atom stereocenters. The third kappa shape index (κ3) is 9.74. The molecule has 2 N–H and O–H groups in total. The van der Waals surface area contributed by atoms with Crippen molar-refractivity contribution in [1.29, 1.82) is 0 Å². The minimum Gasteiger partial charge on any atom is -0.381 e. The zero-order chi connectivity index (χ0) is 18.3. The summed E-state index contributed by atoms with van der Waals surface area (Å²) in [5, 5.41) is 6.66. The van der Waals surface area contributed by atoms with Gasteiger partial charge in [-0.1, -0.05) is 25.7 Å². The maximum absolute atomic E-state index is 6.02. The molecule has 1 unspecified atom stereocenters. The normalized spacial score (nSPS) is 22.3. The number of hydrogen-bond donors (Lipinski definition) is 2. The molecule has 0 aromatic rings. The van der Waals surface area contributed by atoms with Crippen LogP contribution < -0.4 is 10.6 Å². The van der Waals surface area contributed by atoms with E-state index < -0.39 is 0 Å². The fourth-order valence-corrected chi connectivity index (χ4v) is 3.47. The molecule has 6 heteroatoms. The van der Waals surface area contributed by atoms with Gasteiger partial charge < -0.3 is 24.8 Å². The Balaban J connectivity index is 1.50. The molecule has 152 valence electrons. The maximum atomic E-state index is 6.02. The predicted molar refractivity (Wildman–Crippen MR) is 106 cm³/mol.